The summed E-state index contributed by atoms with van der Waals surface area (Å²) >= 11 is 0. The fourth-order valence-corrected chi connectivity index (χ4v) is 0.928. The van der Waals surface area contributed by atoms with Crippen LogP contribution in [0.15, 0.2) is 24.3 Å². The first-order chi connectivity index (χ1) is 4.43. The van der Waals surface area contributed by atoms with Gasteiger partial charge in [-0.2, -0.15) is 0 Å². The predicted molar refractivity (Wildman–Crippen MR) is 39.9 cm³/mol. The number of rotatable bonds is 0. The summed E-state index contributed by atoms with van der Waals surface area (Å²) in [5, 5.41) is 0. The monoisotopic (exact) mass is 118 g/mol. The molecule has 0 heterocycles. The molecule has 46 valence electrons. The highest BCUT2D eigenvalue weighted by atomic mass is 14.0. The third-order valence-corrected chi connectivity index (χ3v) is 1.38. The first kappa shape index (κ1) is 6.16. The predicted octanol–water partition coefficient (Wildman–Crippen LogP) is 2.29. The molecule has 1 rings (SSSR count). The van der Waals surface area contributed by atoms with Crippen molar-refractivity contribution in [2.45, 2.75) is 19.3 Å². The van der Waals surface area contributed by atoms with Crippen LogP contribution in [-0.4, -0.2) is 0 Å². The van der Waals surface area contributed by atoms with E-state index >= 15 is 0 Å². The van der Waals surface area contributed by atoms with Crippen LogP contribution in [0.5, 0.6) is 0 Å². The summed E-state index contributed by atoms with van der Waals surface area (Å²) in [6.07, 6.45) is 7.50. The lowest BCUT2D eigenvalue weighted by Gasteiger charge is -1.81. The van der Waals surface area contributed by atoms with Gasteiger partial charge in [0.15, 0.2) is 0 Å². The zero-order valence-electron chi connectivity index (χ0n) is 5.48. The Balaban J connectivity index is 2.52. The molecule has 9 heavy (non-hydrogen) atoms. The second-order valence-electron chi connectivity index (χ2n) is 2.10. The van der Waals surface area contributed by atoms with Gasteiger partial charge in [0, 0.05) is 0 Å². The van der Waals surface area contributed by atoms with Gasteiger partial charge in [0.25, 0.3) is 0 Å². The summed E-state index contributed by atoms with van der Waals surface area (Å²) in [4.78, 5) is 0. The Kier molecular flexibility index (Phi) is 2.15. The van der Waals surface area contributed by atoms with Gasteiger partial charge in [-0.05, 0) is 30.9 Å². The summed E-state index contributed by atoms with van der Waals surface area (Å²) in [5.41, 5.74) is 1.29. The first-order valence-electron chi connectivity index (χ1n) is 3.25. The lowest BCUT2D eigenvalue weighted by Crippen LogP contribution is -1.66. The van der Waals surface area contributed by atoms with E-state index in [4.69, 9.17) is 0 Å². The van der Waals surface area contributed by atoms with Crippen LogP contribution in [0.2, 0.25) is 0 Å². The summed E-state index contributed by atoms with van der Waals surface area (Å²) in [7, 11) is 0. The molecule has 0 aromatic rings. The van der Waals surface area contributed by atoms with Crippen LogP contribution in [0.3, 0.4) is 0 Å². The molecule has 0 heteroatoms. The van der Waals surface area contributed by atoms with Gasteiger partial charge in [0.05, 0.1) is 0 Å². The largest absolute Gasteiger partial charge is 0.0906 e. The van der Waals surface area contributed by atoms with Crippen molar-refractivity contribution in [3.63, 3.8) is 0 Å². The molecule has 0 aromatic carbocycles. The Morgan fingerprint density at radius 1 is 1.67 bits per heavy atom. The SMILES string of the molecule is C=CC#CC1=CCCC1. The van der Waals surface area contributed by atoms with Crippen LogP contribution in [0.25, 0.3) is 0 Å². The van der Waals surface area contributed by atoms with Crippen LogP contribution >= 0.6 is 0 Å². The highest BCUT2D eigenvalue weighted by Crippen LogP contribution is 2.15. The van der Waals surface area contributed by atoms with E-state index < -0.39 is 0 Å². The molecule has 1 aliphatic rings. The van der Waals surface area contributed by atoms with Crippen LogP contribution in [0.4, 0.5) is 0 Å². The molecule has 0 aromatic heterocycles. The fourth-order valence-electron chi connectivity index (χ4n) is 0.928. The van der Waals surface area contributed by atoms with Gasteiger partial charge < -0.3 is 0 Å². The van der Waals surface area contributed by atoms with E-state index in [-0.39, 0.29) is 0 Å². The zero-order chi connectivity index (χ0) is 6.53. The average molecular weight is 118 g/mol. The van der Waals surface area contributed by atoms with Crippen molar-refractivity contribution in [1.29, 1.82) is 0 Å². The van der Waals surface area contributed by atoms with E-state index in [1.807, 2.05) is 0 Å². The molecule has 0 atom stereocenters. The fraction of sp³-hybridized carbons (Fsp3) is 0.333. The van der Waals surface area contributed by atoms with Crippen LogP contribution in [0.1, 0.15) is 19.3 Å². The van der Waals surface area contributed by atoms with Gasteiger partial charge in [-0.25, -0.2) is 0 Å². The number of hydrogen-bond acceptors (Lipinski definition) is 0. The van der Waals surface area contributed by atoms with Gasteiger partial charge in [0.1, 0.15) is 0 Å². The highest BCUT2D eigenvalue weighted by Gasteiger charge is 1.98. The Morgan fingerprint density at radius 3 is 3.11 bits per heavy atom. The lowest BCUT2D eigenvalue weighted by atomic mass is 10.2. The van der Waals surface area contributed by atoms with E-state index in [0.29, 0.717) is 0 Å². The third kappa shape index (κ3) is 1.77. The van der Waals surface area contributed by atoms with Gasteiger partial charge >= 0.3 is 0 Å². The molecule has 0 aliphatic heterocycles. The topological polar surface area (TPSA) is 0 Å². The quantitative estimate of drug-likeness (QED) is 0.428. The van der Waals surface area contributed by atoms with Crippen molar-refractivity contribution < 1.29 is 0 Å². The minimum absolute atomic E-state index is 1.17. The molecule has 0 fully saturated rings. The average Bonchev–Trinajstić information content (AvgIpc) is 2.34. The molecule has 1 aliphatic carbocycles. The minimum Gasteiger partial charge on any atom is -0.0906 e. The smallest absolute Gasteiger partial charge is 0.00159 e. The van der Waals surface area contributed by atoms with E-state index in [1.54, 1.807) is 6.08 Å². The molecule has 0 nitrogen and oxygen atoms in total. The van der Waals surface area contributed by atoms with Crippen molar-refractivity contribution in [3.8, 4) is 11.8 Å². The van der Waals surface area contributed by atoms with Crippen LogP contribution < -0.4 is 0 Å². The maximum atomic E-state index is 3.52. The Morgan fingerprint density at radius 2 is 2.56 bits per heavy atom. The molecule has 0 N–H and O–H groups in total. The summed E-state index contributed by atoms with van der Waals surface area (Å²) in [6.45, 7) is 3.52. The molecule has 0 spiro atoms. The second-order valence-corrected chi connectivity index (χ2v) is 2.10. The maximum absolute atomic E-state index is 3.52. The lowest BCUT2D eigenvalue weighted by molar-refractivity contribution is 0.919. The van der Waals surface area contributed by atoms with E-state index in [0.717, 1.165) is 0 Å². The van der Waals surface area contributed by atoms with Crippen molar-refractivity contribution in [1.82, 2.24) is 0 Å². The van der Waals surface area contributed by atoms with Crippen molar-refractivity contribution in [3.05, 3.63) is 24.3 Å². The first-order valence-corrected chi connectivity index (χ1v) is 3.25. The summed E-state index contributed by atoms with van der Waals surface area (Å²) in [6, 6.07) is 0. The van der Waals surface area contributed by atoms with Crippen molar-refractivity contribution in [2.24, 2.45) is 0 Å². The molecule has 0 bridgehead atoms. The Labute approximate surface area is 56.3 Å². The van der Waals surface area contributed by atoms with Crippen LogP contribution in [0, 0.1) is 11.8 Å². The molecule has 0 saturated carbocycles. The molecule has 0 radical (unpaired) electrons. The molecular formula is C9H10. The van der Waals surface area contributed by atoms with Gasteiger partial charge in [-0.3, -0.25) is 0 Å². The number of hydrogen-bond donors (Lipinski definition) is 0. The maximum Gasteiger partial charge on any atom is -0.00159 e. The van der Waals surface area contributed by atoms with Crippen molar-refractivity contribution >= 4 is 0 Å². The van der Waals surface area contributed by atoms with Gasteiger partial charge in [0.2, 0.25) is 0 Å². The summed E-state index contributed by atoms with van der Waals surface area (Å²) in [5.74, 6) is 5.86. The van der Waals surface area contributed by atoms with Crippen LogP contribution in [-0.2, 0) is 0 Å². The standard InChI is InChI=1S/C9H10/c1-2-3-6-9-7-4-5-8-9/h2,7H,1,4-5,8H2. The molecule has 0 amide bonds. The molecular weight excluding hydrogens is 108 g/mol. The number of allylic oxidation sites excluding steroid dienone is 3. The van der Waals surface area contributed by atoms with Gasteiger partial charge in [-0.1, -0.05) is 24.5 Å². The normalized spacial score (nSPS) is 15.8. The third-order valence-electron chi connectivity index (χ3n) is 1.38. The second kappa shape index (κ2) is 3.14. The van der Waals surface area contributed by atoms with Crippen molar-refractivity contribution in [2.75, 3.05) is 0 Å². The highest BCUT2D eigenvalue weighted by molar-refractivity contribution is 5.33. The zero-order valence-corrected chi connectivity index (χ0v) is 5.48. The Bertz CT molecular complexity index is 186. The minimum atomic E-state index is 1.17. The van der Waals surface area contributed by atoms with E-state index in [1.165, 1.54) is 24.8 Å². The van der Waals surface area contributed by atoms with E-state index in [9.17, 15) is 0 Å². The Hall–Kier alpha value is -0.960. The molecule has 0 unspecified atom stereocenters. The van der Waals surface area contributed by atoms with Gasteiger partial charge in [-0.15, -0.1) is 0 Å². The van der Waals surface area contributed by atoms with E-state index in [2.05, 4.69) is 24.5 Å². The molecule has 0 saturated heterocycles. The summed E-state index contributed by atoms with van der Waals surface area (Å²) < 4.78 is 0.